The molecule has 1 heterocycles. The highest BCUT2D eigenvalue weighted by Gasteiger charge is 2.10. The second-order valence-corrected chi connectivity index (χ2v) is 5.73. The van der Waals surface area contributed by atoms with E-state index in [0.29, 0.717) is 12.1 Å². The van der Waals surface area contributed by atoms with Crippen LogP contribution in [0.25, 0.3) is 10.9 Å². The van der Waals surface area contributed by atoms with E-state index in [0.717, 1.165) is 27.9 Å². The monoisotopic (exact) mass is 312 g/mol. The largest absolute Gasteiger partial charge is 0.352 e. The van der Waals surface area contributed by atoms with Gasteiger partial charge in [0.1, 0.15) is 0 Å². The minimum Gasteiger partial charge on any atom is -0.352 e. The van der Waals surface area contributed by atoms with Gasteiger partial charge in [-0.3, -0.25) is 4.79 Å². The summed E-state index contributed by atoms with van der Waals surface area (Å²) in [6.07, 6.45) is 2.75. The third kappa shape index (κ3) is 3.00. The summed E-state index contributed by atoms with van der Waals surface area (Å²) in [5.41, 5.74) is 2.93. The first-order valence-corrected chi connectivity index (χ1v) is 7.59. The van der Waals surface area contributed by atoms with E-state index in [-0.39, 0.29) is 5.91 Å². The van der Waals surface area contributed by atoms with E-state index < -0.39 is 0 Å². The average molecular weight is 313 g/mol. The lowest BCUT2D eigenvalue weighted by atomic mass is 10.1. The van der Waals surface area contributed by atoms with Crippen molar-refractivity contribution >= 4 is 28.4 Å². The zero-order valence-electron chi connectivity index (χ0n) is 12.3. The molecule has 0 aliphatic heterocycles. The predicted octanol–water partition coefficient (Wildman–Crippen LogP) is 3.80. The number of rotatable bonds is 4. The fourth-order valence-electron chi connectivity index (χ4n) is 2.57. The topological polar surface area (TPSA) is 34.0 Å². The number of amides is 1. The first kappa shape index (κ1) is 14.7. The minimum atomic E-state index is -0.0363. The Morgan fingerprint density at radius 2 is 1.91 bits per heavy atom. The molecule has 1 aromatic heterocycles. The molecule has 3 rings (SSSR count). The third-order valence-corrected chi connectivity index (χ3v) is 4.04. The number of nitrogens with one attached hydrogen (secondary N) is 1. The van der Waals surface area contributed by atoms with Gasteiger partial charge in [0, 0.05) is 41.3 Å². The Hall–Kier alpha value is -2.26. The van der Waals surface area contributed by atoms with Crippen LogP contribution in [0.1, 0.15) is 15.9 Å². The molecule has 3 aromatic rings. The predicted molar refractivity (Wildman–Crippen MR) is 90.4 cm³/mol. The minimum absolute atomic E-state index is 0.0363. The lowest BCUT2D eigenvalue weighted by molar-refractivity contribution is 0.0956. The molecule has 0 unspecified atom stereocenters. The van der Waals surface area contributed by atoms with Crippen LogP contribution in [0.5, 0.6) is 0 Å². The number of hydrogen-bond donors (Lipinski definition) is 1. The Balaban J connectivity index is 1.67. The molecular formula is C18H17ClN2O. The molecule has 22 heavy (non-hydrogen) atoms. The van der Waals surface area contributed by atoms with Crippen molar-refractivity contribution in [1.82, 2.24) is 9.88 Å². The van der Waals surface area contributed by atoms with E-state index in [1.165, 1.54) is 0 Å². The molecule has 112 valence electrons. The first-order valence-electron chi connectivity index (χ1n) is 7.22. The van der Waals surface area contributed by atoms with E-state index in [4.69, 9.17) is 11.6 Å². The van der Waals surface area contributed by atoms with Crippen molar-refractivity contribution in [3.63, 3.8) is 0 Å². The van der Waals surface area contributed by atoms with Gasteiger partial charge in [0.2, 0.25) is 0 Å². The number of benzene rings is 2. The molecule has 0 aliphatic rings. The number of carbonyl (C=O) groups excluding carboxylic acids is 1. The molecule has 0 radical (unpaired) electrons. The van der Waals surface area contributed by atoms with Gasteiger partial charge in [-0.15, -0.1) is 0 Å². The van der Waals surface area contributed by atoms with Gasteiger partial charge in [-0.1, -0.05) is 29.8 Å². The third-order valence-electron chi connectivity index (χ3n) is 3.79. The molecule has 0 saturated heterocycles. The maximum absolute atomic E-state index is 12.4. The Labute approximate surface area is 134 Å². The number of halogens is 1. The van der Waals surface area contributed by atoms with Gasteiger partial charge in [0.25, 0.3) is 5.91 Å². The smallest absolute Gasteiger partial charge is 0.251 e. The fourth-order valence-corrected chi connectivity index (χ4v) is 2.69. The summed E-state index contributed by atoms with van der Waals surface area (Å²) in [6, 6.07) is 15.4. The maximum atomic E-state index is 12.4. The van der Waals surface area contributed by atoms with Crippen LogP contribution in [0.3, 0.4) is 0 Å². The highest BCUT2D eigenvalue weighted by Crippen LogP contribution is 2.19. The Morgan fingerprint density at radius 3 is 2.68 bits per heavy atom. The first-order chi connectivity index (χ1) is 10.6. The number of aryl methyl sites for hydroxylation is 1. The Bertz CT molecular complexity index is 806. The van der Waals surface area contributed by atoms with E-state index >= 15 is 0 Å². The van der Waals surface area contributed by atoms with Crippen molar-refractivity contribution < 1.29 is 4.79 Å². The molecule has 1 N–H and O–H groups in total. The second kappa shape index (κ2) is 6.24. The van der Waals surface area contributed by atoms with Gasteiger partial charge in [-0.25, -0.2) is 0 Å². The fraction of sp³-hybridized carbons (Fsp3) is 0.167. The second-order valence-electron chi connectivity index (χ2n) is 5.30. The molecule has 0 saturated carbocycles. The maximum Gasteiger partial charge on any atom is 0.251 e. The molecule has 0 atom stereocenters. The summed E-state index contributed by atoms with van der Waals surface area (Å²) in [5, 5.41) is 4.69. The zero-order chi connectivity index (χ0) is 15.5. The summed E-state index contributed by atoms with van der Waals surface area (Å²) in [7, 11) is 1.98. The van der Waals surface area contributed by atoms with E-state index in [1.807, 2.05) is 66.3 Å². The molecule has 0 fully saturated rings. The standard InChI is InChI=1S/C18H17ClN2O/c1-21-12-10-15-16(3-2-4-17(15)21)18(22)20-11-9-13-5-7-14(19)8-6-13/h2-8,10,12H,9,11H2,1H3,(H,20,22). The van der Waals surface area contributed by atoms with Crippen LogP contribution in [-0.2, 0) is 13.5 Å². The van der Waals surface area contributed by atoms with Gasteiger partial charge >= 0.3 is 0 Å². The van der Waals surface area contributed by atoms with Crippen LogP contribution in [0.4, 0.5) is 0 Å². The van der Waals surface area contributed by atoms with Crippen molar-refractivity contribution in [1.29, 1.82) is 0 Å². The lowest BCUT2D eigenvalue weighted by Gasteiger charge is -2.07. The van der Waals surface area contributed by atoms with Crippen molar-refractivity contribution in [2.75, 3.05) is 6.54 Å². The molecule has 4 heteroatoms. The van der Waals surface area contributed by atoms with Crippen LogP contribution in [0, 0.1) is 0 Å². The summed E-state index contributed by atoms with van der Waals surface area (Å²) >= 11 is 5.86. The normalized spacial score (nSPS) is 10.8. The van der Waals surface area contributed by atoms with Crippen LogP contribution in [-0.4, -0.2) is 17.0 Å². The molecule has 0 bridgehead atoms. The van der Waals surface area contributed by atoms with Crippen molar-refractivity contribution in [3.8, 4) is 0 Å². The molecule has 0 aliphatic carbocycles. The summed E-state index contributed by atoms with van der Waals surface area (Å²) in [6.45, 7) is 0.601. The van der Waals surface area contributed by atoms with Gasteiger partial charge in [0.05, 0.1) is 0 Å². The van der Waals surface area contributed by atoms with Crippen molar-refractivity contribution in [2.24, 2.45) is 7.05 Å². The molecule has 1 amide bonds. The van der Waals surface area contributed by atoms with Crippen LogP contribution in [0.15, 0.2) is 54.7 Å². The molecule has 3 nitrogen and oxygen atoms in total. The zero-order valence-corrected chi connectivity index (χ0v) is 13.1. The molecule has 2 aromatic carbocycles. The van der Waals surface area contributed by atoms with E-state index in [1.54, 1.807) is 0 Å². The summed E-state index contributed by atoms with van der Waals surface area (Å²) in [4.78, 5) is 12.4. The van der Waals surface area contributed by atoms with Gasteiger partial charge in [0.15, 0.2) is 0 Å². The Kier molecular flexibility index (Phi) is 4.16. The summed E-state index contributed by atoms with van der Waals surface area (Å²) in [5.74, 6) is -0.0363. The highest BCUT2D eigenvalue weighted by atomic mass is 35.5. The van der Waals surface area contributed by atoms with E-state index in [9.17, 15) is 4.79 Å². The van der Waals surface area contributed by atoms with Crippen molar-refractivity contribution in [2.45, 2.75) is 6.42 Å². The number of fused-ring (bicyclic) bond motifs is 1. The van der Waals surface area contributed by atoms with Gasteiger partial charge < -0.3 is 9.88 Å². The molecule has 0 spiro atoms. The van der Waals surface area contributed by atoms with Crippen LogP contribution in [0.2, 0.25) is 5.02 Å². The quantitative estimate of drug-likeness (QED) is 0.781. The summed E-state index contributed by atoms with van der Waals surface area (Å²) < 4.78 is 2.01. The highest BCUT2D eigenvalue weighted by molar-refractivity contribution is 6.30. The Morgan fingerprint density at radius 1 is 1.14 bits per heavy atom. The van der Waals surface area contributed by atoms with Crippen LogP contribution >= 0.6 is 11.6 Å². The van der Waals surface area contributed by atoms with Crippen molar-refractivity contribution in [3.05, 3.63) is 70.9 Å². The lowest BCUT2D eigenvalue weighted by Crippen LogP contribution is -2.25. The van der Waals surface area contributed by atoms with Gasteiger partial charge in [-0.2, -0.15) is 0 Å². The number of hydrogen-bond acceptors (Lipinski definition) is 1. The number of carbonyl (C=O) groups is 1. The number of nitrogens with zero attached hydrogens (tertiary/aromatic N) is 1. The molecular weight excluding hydrogens is 296 g/mol. The number of aromatic nitrogens is 1. The van der Waals surface area contributed by atoms with Crippen LogP contribution < -0.4 is 5.32 Å². The van der Waals surface area contributed by atoms with Gasteiger partial charge in [-0.05, 0) is 42.3 Å². The van der Waals surface area contributed by atoms with E-state index in [2.05, 4.69) is 5.32 Å². The SMILES string of the molecule is Cn1ccc2c(C(=O)NCCc3ccc(Cl)cc3)cccc21. The average Bonchev–Trinajstić information content (AvgIpc) is 2.91.